The van der Waals surface area contributed by atoms with Crippen LogP contribution in [-0.2, 0) is 7.05 Å². The molecule has 0 spiro atoms. The highest BCUT2D eigenvalue weighted by Crippen LogP contribution is 2.31. The molecule has 1 aliphatic rings. The summed E-state index contributed by atoms with van der Waals surface area (Å²) in [5.74, 6) is 0.0317. The monoisotopic (exact) mass is 355 g/mol. The molecule has 0 radical (unpaired) electrons. The van der Waals surface area contributed by atoms with E-state index in [0.717, 1.165) is 36.6 Å². The van der Waals surface area contributed by atoms with Gasteiger partial charge in [-0.3, -0.25) is 9.48 Å². The number of likely N-dealkylation sites (N-methyl/N-ethyl adjacent to an activating group) is 1. The number of amides is 1. The molecule has 1 aromatic carbocycles. The van der Waals surface area contributed by atoms with Crippen LogP contribution in [0.1, 0.15) is 23.2 Å². The zero-order chi connectivity index (χ0) is 17.4. The lowest BCUT2D eigenvalue weighted by Gasteiger charge is -2.37. The van der Waals surface area contributed by atoms with Crippen LogP contribution in [0.25, 0.3) is 10.2 Å². The fraction of sp³-hybridized carbons (Fsp3) is 0.389. The maximum Gasteiger partial charge on any atom is 0.257 e. The lowest BCUT2D eigenvalue weighted by atomic mass is 10.0. The molecule has 3 heterocycles. The van der Waals surface area contributed by atoms with Crippen LogP contribution in [0, 0.1) is 0 Å². The number of benzene rings is 1. The van der Waals surface area contributed by atoms with Crippen LogP contribution in [0.3, 0.4) is 0 Å². The summed E-state index contributed by atoms with van der Waals surface area (Å²) in [5.41, 5.74) is 1.69. The van der Waals surface area contributed by atoms with Crippen LogP contribution in [0.4, 0.5) is 5.13 Å². The predicted molar refractivity (Wildman–Crippen MR) is 100 cm³/mol. The van der Waals surface area contributed by atoms with E-state index in [4.69, 9.17) is 4.98 Å². The van der Waals surface area contributed by atoms with Crippen molar-refractivity contribution in [3.05, 3.63) is 42.2 Å². The summed E-state index contributed by atoms with van der Waals surface area (Å²) in [7, 11) is 3.72. The fourth-order valence-electron chi connectivity index (χ4n) is 3.34. The molecule has 7 heteroatoms. The summed E-state index contributed by atoms with van der Waals surface area (Å²) in [5, 5.41) is 5.15. The fourth-order valence-corrected chi connectivity index (χ4v) is 4.34. The van der Waals surface area contributed by atoms with Gasteiger partial charge in [-0.25, -0.2) is 4.98 Å². The number of rotatable bonds is 3. The number of para-hydroxylation sites is 1. The van der Waals surface area contributed by atoms with E-state index in [9.17, 15) is 4.79 Å². The number of nitrogens with zero attached hydrogens (tertiary/aromatic N) is 5. The molecule has 1 fully saturated rings. The summed E-state index contributed by atoms with van der Waals surface area (Å²) < 4.78 is 2.87. The number of carbonyl (C=O) groups is 1. The van der Waals surface area contributed by atoms with Gasteiger partial charge >= 0.3 is 0 Å². The van der Waals surface area contributed by atoms with Crippen molar-refractivity contribution in [2.75, 3.05) is 25.0 Å². The molecule has 2 aromatic heterocycles. The molecule has 0 saturated carbocycles. The normalized spacial score (nSPS) is 17.8. The van der Waals surface area contributed by atoms with Crippen molar-refractivity contribution in [2.45, 2.75) is 18.9 Å². The third-order valence-electron chi connectivity index (χ3n) is 4.77. The summed E-state index contributed by atoms with van der Waals surface area (Å²) in [6, 6.07) is 8.41. The lowest BCUT2D eigenvalue weighted by molar-refractivity contribution is 0.0717. The minimum absolute atomic E-state index is 0.0317. The largest absolute Gasteiger partial charge is 0.346 e. The van der Waals surface area contributed by atoms with E-state index in [2.05, 4.69) is 22.1 Å². The number of fused-ring (bicyclic) bond motifs is 1. The van der Waals surface area contributed by atoms with Gasteiger partial charge in [0.2, 0.25) is 0 Å². The number of aromatic nitrogens is 3. The van der Waals surface area contributed by atoms with Gasteiger partial charge in [-0.05, 0) is 25.0 Å². The smallest absolute Gasteiger partial charge is 0.257 e. The Morgan fingerprint density at radius 1 is 1.36 bits per heavy atom. The Morgan fingerprint density at radius 3 is 2.96 bits per heavy atom. The highest BCUT2D eigenvalue weighted by atomic mass is 32.1. The Hall–Kier alpha value is -2.41. The van der Waals surface area contributed by atoms with E-state index in [0.29, 0.717) is 5.56 Å². The first kappa shape index (κ1) is 16.1. The van der Waals surface area contributed by atoms with Gasteiger partial charge in [0.1, 0.15) is 0 Å². The number of anilines is 1. The lowest BCUT2D eigenvalue weighted by Crippen LogP contribution is -2.48. The molecular weight excluding hydrogens is 334 g/mol. The standard InChI is InChI=1S/C18H21N5OS/c1-21-11-13(10-19-21)17(24)22(2)14-6-5-9-23(12-14)18-20-15-7-3-4-8-16(15)25-18/h3-4,7-8,10-11,14H,5-6,9,12H2,1-2H3. The molecule has 130 valence electrons. The molecule has 1 atom stereocenters. The van der Waals surface area contributed by atoms with E-state index < -0.39 is 0 Å². The molecule has 1 amide bonds. The quantitative estimate of drug-likeness (QED) is 0.725. The van der Waals surface area contributed by atoms with E-state index in [1.165, 1.54) is 4.70 Å². The van der Waals surface area contributed by atoms with Crippen molar-refractivity contribution < 1.29 is 4.79 Å². The van der Waals surface area contributed by atoms with E-state index in [1.807, 2.05) is 31.1 Å². The number of aryl methyl sites for hydroxylation is 1. The third-order valence-corrected chi connectivity index (χ3v) is 5.87. The van der Waals surface area contributed by atoms with Crippen molar-refractivity contribution in [1.82, 2.24) is 19.7 Å². The Kier molecular flexibility index (Phi) is 4.17. The number of piperidine rings is 1. The summed E-state index contributed by atoms with van der Waals surface area (Å²) in [4.78, 5) is 21.6. The second-order valence-corrected chi connectivity index (χ2v) is 7.53. The van der Waals surface area contributed by atoms with Crippen LogP contribution < -0.4 is 4.90 Å². The van der Waals surface area contributed by atoms with Crippen molar-refractivity contribution in [2.24, 2.45) is 7.05 Å². The minimum Gasteiger partial charge on any atom is -0.346 e. The van der Waals surface area contributed by atoms with Gasteiger partial charge in [-0.2, -0.15) is 5.10 Å². The van der Waals surface area contributed by atoms with Gasteiger partial charge in [0.15, 0.2) is 5.13 Å². The second-order valence-electron chi connectivity index (χ2n) is 6.52. The third kappa shape index (κ3) is 3.11. The van der Waals surface area contributed by atoms with Crippen LogP contribution in [0.5, 0.6) is 0 Å². The van der Waals surface area contributed by atoms with Gasteiger partial charge in [0, 0.05) is 39.4 Å². The average molecular weight is 355 g/mol. The molecule has 0 N–H and O–H groups in total. The zero-order valence-electron chi connectivity index (χ0n) is 14.4. The Morgan fingerprint density at radius 2 is 2.20 bits per heavy atom. The van der Waals surface area contributed by atoms with Crippen LogP contribution in [0.2, 0.25) is 0 Å². The van der Waals surface area contributed by atoms with Gasteiger partial charge < -0.3 is 9.80 Å². The average Bonchev–Trinajstić information content (AvgIpc) is 3.26. The number of hydrogen-bond donors (Lipinski definition) is 0. The molecule has 0 aliphatic carbocycles. The van der Waals surface area contributed by atoms with E-state index in [1.54, 1.807) is 28.4 Å². The topological polar surface area (TPSA) is 54.3 Å². The van der Waals surface area contributed by atoms with Crippen LogP contribution in [0.15, 0.2) is 36.7 Å². The van der Waals surface area contributed by atoms with Crippen molar-refractivity contribution in [1.29, 1.82) is 0 Å². The first-order valence-electron chi connectivity index (χ1n) is 8.48. The van der Waals surface area contributed by atoms with E-state index in [-0.39, 0.29) is 11.9 Å². The van der Waals surface area contributed by atoms with Crippen molar-refractivity contribution in [3.8, 4) is 0 Å². The number of hydrogen-bond acceptors (Lipinski definition) is 5. The summed E-state index contributed by atoms with van der Waals surface area (Å²) >= 11 is 1.72. The molecular formula is C18H21N5OS. The van der Waals surface area contributed by atoms with Crippen molar-refractivity contribution >= 4 is 32.6 Å². The highest BCUT2D eigenvalue weighted by molar-refractivity contribution is 7.22. The summed E-state index contributed by atoms with van der Waals surface area (Å²) in [6.45, 7) is 1.81. The number of carbonyl (C=O) groups excluding carboxylic acids is 1. The molecule has 0 bridgehead atoms. The molecule has 1 saturated heterocycles. The molecule has 1 aliphatic heterocycles. The van der Waals surface area contributed by atoms with Gasteiger partial charge in [0.05, 0.1) is 22.0 Å². The van der Waals surface area contributed by atoms with Gasteiger partial charge in [-0.15, -0.1) is 0 Å². The Balaban J connectivity index is 1.51. The highest BCUT2D eigenvalue weighted by Gasteiger charge is 2.28. The zero-order valence-corrected chi connectivity index (χ0v) is 15.2. The Bertz CT molecular complexity index is 869. The summed E-state index contributed by atoms with van der Waals surface area (Å²) in [6.07, 6.45) is 5.48. The first-order chi connectivity index (χ1) is 12.1. The van der Waals surface area contributed by atoms with Gasteiger partial charge in [0.25, 0.3) is 5.91 Å². The van der Waals surface area contributed by atoms with Crippen LogP contribution in [-0.4, -0.2) is 51.8 Å². The minimum atomic E-state index is 0.0317. The Labute approximate surface area is 150 Å². The first-order valence-corrected chi connectivity index (χ1v) is 9.30. The molecule has 6 nitrogen and oxygen atoms in total. The van der Waals surface area contributed by atoms with Gasteiger partial charge in [-0.1, -0.05) is 23.5 Å². The van der Waals surface area contributed by atoms with Crippen LogP contribution >= 0.6 is 11.3 Å². The maximum atomic E-state index is 12.7. The maximum absolute atomic E-state index is 12.7. The second kappa shape index (κ2) is 6.48. The SMILES string of the molecule is CN(C(=O)c1cnn(C)c1)C1CCCN(c2nc3ccccc3s2)C1. The predicted octanol–water partition coefficient (Wildman–Crippen LogP) is 2.77. The molecule has 25 heavy (non-hydrogen) atoms. The molecule has 4 rings (SSSR count). The molecule has 1 unspecified atom stereocenters. The number of thiazole rings is 1. The van der Waals surface area contributed by atoms with E-state index >= 15 is 0 Å². The van der Waals surface area contributed by atoms with Crippen molar-refractivity contribution in [3.63, 3.8) is 0 Å². The molecule has 3 aromatic rings.